The normalized spacial score (nSPS) is 12.4. The second-order valence-electron chi connectivity index (χ2n) is 31.7. The predicted octanol–water partition coefficient (Wildman–Crippen LogP) is 29.7. The van der Waals surface area contributed by atoms with Crippen LogP contribution in [-0.2, 0) is 57.2 Å². The fraction of sp³-hybridized carbons (Fsp3) is 0.816. The van der Waals surface area contributed by atoms with Gasteiger partial charge < -0.3 is 28.4 Å². The SMILES string of the molecule is CCCCCC=CCC=CCCCCCCCC(=O)OC(COC(=O)CCCCCCCC=CCCCCCCCC)COC(=O)CCCCCCCC=CCCCCCCCC(=O)OCC(COC(=O)CCCCCCCCCCCCCCCCCCC)OC(=O)CCCCCCCC=CCC=CCCCCC. The van der Waals surface area contributed by atoms with E-state index in [-0.39, 0.29) is 75.1 Å². The minimum atomic E-state index is -0.831. The van der Waals surface area contributed by atoms with Crippen molar-refractivity contribution < 1.29 is 57.2 Å². The van der Waals surface area contributed by atoms with Crippen LogP contribution in [0.3, 0.4) is 0 Å². The highest BCUT2D eigenvalue weighted by molar-refractivity contribution is 5.72. The summed E-state index contributed by atoms with van der Waals surface area (Å²) in [5, 5.41) is 0. The van der Waals surface area contributed by atoms with Crippen LogP contribution >= 0.6 is 0 Å². The summed E-state index contributed by atoms with van der Waals surface area (Å²) in [6, 6.07) is 0. The van der Waals surface area contributed by atoms with Gasteiger partial charge in [-0.3, -0.25) is 28.8 Å². The Bertz CT molecular complexity index is 2210. The number of esters is 6. The van der Waals surface area contributed by atoms with Crippen molar-refractivity contribution >= 4 is 35.8 Å². The minimum Gasteiger partial charge on any atom is -0.462 e. The molecule has 0 spiro atoms. The van der Waals surface area contributed by atoms with Crippen molar-refractivity contribution in [2.45, 2.75) is 489 Å². The number of ether oxygens (including phenoxy) is 6. The zero-order valence-electron chi connectivity index (χ0n) is 72.3. The van der Waals surface area contributed by atoms with Crippen molar-refractivity contribution in [2.75, 3.05) is 26.4 Å². The fourth-order valence-electron chi connectivity index (χ4n) is 13.6. The number of hydrogen-bond donors (Lipinski definition) is 0. The van der Waals surface area contributed by atoms with E-state index in [9.17, 15) is 28.8 Å². The first kappa shape index (κ1) is 105. The van der Waals surface area contributed by atoms with Crippen molar-refractivity contribution in [1.82, 2.24) is 0 Å². The Balaban J connectivity index is 4.69. The quantitative estimate of drug-likeness (QED) is 0.0246. The molecule has 0 amide bonds. The van der Waals surface area contributed by atoms with Gasteiger partial charge in [0.2, 0.25) is 0 Å². The van der Waals surface area contributed by atoms with Gasteiger partial charge in [0.15, 0.2) is 12.2 Å². The molecule has 0 bridgehead atoms. The summed E-state index contributed by atoms with van der Waals surface area (Å²) in [5.41, 5.74) is 0. The largest absolute Gasteiger partial charge is 0.462 e. The highest BCUT2D eigenvalue weighted by Crippen LogP contribution is 2.20. The Morgan fingerprint density at radius 3 is 0.527 bits per heavy atom. The highest BCUT2D eigenvalue weighted by atomic mass is 16.6. The van der Waals surface area contributed by atoms with E-state index in [1.165, 1.54) is 193 Å². The maximum absolute atomic E-state index is 13.0. The molecular formula is C98H174O12. The van der Waals surface area contributed by atoms with Gasteiger partial charge in [-0.2, -0.15) is 0 Å². The van der Waals surface area contributed by atoms with Crippen LogP contribution in [0.2, 0.25) is 0 Å². The molecule has 0 radical (unpaired) electrons. The molecule has 12 nitrogen and oxygen atoms in total. The van der Waals surface area contributed by atoms with Crippen LogP contribution in [0.15, 0.2) is 72.9 Å². The van der Waals surface area contributed by atoms with E-state index in [2.05, 4.69) is 101 Å². The molecule has 0 saturated heterocycles. The van der Waals surface area contributed by atoms with E-state index in [1.807, 2.05) is 0 Å². The number of rotatable bonds is 87. The summed E-state index contributed by atoms with van der Waals surface area (Å²) in [6.07, 6.45) is 101. The topological polar surface area (TPSA) is 158 Å². The maximum Gasteiger partial charge on any atom is 0.306 e. The van der Waals surface area contributed by atoms with Gasteiger partial charge in [-0.25, -0.2) is 0 Å². The molecule has 0 aromatic carbocycles. The molecular weight excluding hydrogens is 1370 g/mol. The van der Waals surface area contributed by atoms with Crippen molar-refractivity contribution in [3.05, 3.63) is 72.9 Å². The van der Waals surface area contributed by atoms with Gasteiger partial charge in [0, 0.05) is 38.5 Å². The third kappa shape index (κ3) is 85.7. The van der Waals surface area contributed by atoms with E-state index in [0.29, 0.717) is 25.7 Å². The van der Waals surface area contributed by atoms with Crippen molar-refractivity contribution in [2.24, 2.45) is 0 Å². The van der Waals surface area contributed by atoms with Crippen molar-refractivity contribution in [3.63, 3.8) is 0 Å². The van der Waals surface area contributed by atoms with Gasteiger partial charge in [-0.1, -0.05) is 357 Å². The van der Waals surface area contributed by atoms with E-state index in [1.54, 1.807) is 0 Å². The molecule has 12 heteroatoms. The summed E-state index contributed by atoms with van der Waals surface area (Å²) >= 11 is 0. The molecule has 2 unspecified atom stereocenters. The first-order valence-electron chi connectivity index (χ1n) is 47.1. The van der Waals surface area contributed by atoms with Crippen LogP contribution in [0.4, 0.5) is 0 Å². The first-order chi connectivity index (χ1) is 54.1. The standard InChI is InChI=1S/C98H174O12/c1-5-9-13-17-21-25-29-33-37-38-42-46-52-58-64-70-76-82-94(100)106-88-92(110-98(104)86-80-74-68-62-56-50-41-36-32-28-24-20-16-12-8-4)90-108-96(102)84-78-72-66-60-54-48-44-43-47-53-59-65-71-77-83-95(101)107-89-91(109-97(103)85-79-73-67-61-55-49-40-35-31-27-23-19-15-11-7-3)87-105-93(99)81-75-69-63-57-51-45-39-34-30-26-22-18-14-10-6-2/h23-24,27-28,34-36,39-41,43-44,91-92H,5-22,25-26,29-33,37-38,42,45-90H2,1-4H3. The third-order valence-corrected chi connectivity index (χ3v) is 20.8. The number of carbonyl (C=O) groups excluding carboxylic acids is 6. The van der Waals surface area contributed by atoms with Gasteiger partial charge in [0.1, 0.15) is 26.4 Å². The van der Waals surface area contributed by atoms with Crippen LogP contribution in [-0.4, -0.2) is 74.5 Å². The van der Waals surface area contributed by atoms with Crippen LogP contribution in [0.5, 0.6) is 0 Å². The molecule has 638 valence electrons. The van der Waals surface area contributed by atoms with E-state index >= 15 is 0 Å². The zero-order valence-corrected chi connectivity index (χ0v) is 72.3. The Kier molecular flexibility index (Phi) is 85.9. The second kappa shape index (κ2) is 89.8. The molecule has 2 atom stereocenters. The Labute approximate surface area is 678 Å². The minimum absolute atomic E-state index is 0.113. The highest BCUT2D eigenvalue weighted by Gasteiger charge is 2.22. The number of unbranched alkanes of at least 4 members (excludes halogenated alkanes) is 53. The second-order valence-corrected chi connectivity index (χ2v) is 31.7. The molecule has 110 heavy (non-hydrogen) atoms. The lowest BCUT2D eigenvalue weighted by atomic mass is 10.0. The van der Waals surface area contributed by atoms with E-state index < -0.39 is 12.2 Å². The molecule has 0 fully saturated rings. The van der Waals surface area contributed by atoms with Crippen LogP contribution in [0.25, 0.3) is 0 Å². The van der Waals surface area contributed by atoms with Gasteiger partial charge in [-0.15, -0.1) is 0 Å². The molecule has 0 heterocycles. The summed E-state index contributed by atoms with van der Waals surface area (Å²) in [6.45, 7) is 8.53. The lowest BCUT2D eigenvalue weighted by molar-refractivity contribution is -0.167. The average Bonchev–Trinajstić information content (AvgIpc) is 0.965. The summed E-state index contributed by atoms with van der Waals surface area (Å²) in [5.74, 6) is -1.97. The smallest absolute Gasteiger partial charge is 0.306 e. The summed E-state index contributed by atoms with van der Waals surface area (Å²) in [4.78, 5) is 77.4. The lowest BCUT2D eigenvalue weighted by Gasteiger charge is -2.18. The molecule has 0 aromatic rings. The number of allylic oxidation sites excluding steroid dienone is 12. The monoisotopic (exact) mass is 1540 g/mol. The van der Waals surface area contributed by atoms with Gasteiger partial charge >= 0.3 is 35.8 Å². The summed E-state index contributed by atoms with van der Waals surface area (Å²) in [7, 11) is 0. The van der Waals surface area contributed by atoms with Gasteiger partial charge in [-0.05, 0) is 154 Å². The Hall–Kier alpha value is -4.74. The van der Waals surface area contributed by atoms with Crippen molar-refractivity contribution in [3.8, 4) is 0 Å². The molecule has 0 N–H and O–H groups in total. The molecule has 0 aliphatic heterocycles. The molecule has 0 aliphatic rings. The summed E-state index contributed by atoms with van der Waals surface area (Å²) < 4.78 is 34.0. The Morgan fingerprint density at radius 1 is 0.182 bits per heavy atom. The van der Waals surface area contributed by atoms with Crippen LogP contribution in [0.1, 0.15) is 477 Å². The van der Waals surface area contributed by atoms with E-state index in [0.717, 1.165) is 218 Å². The zero-order chi connectivity index (χ0) is 79.7. The first-order valence-corrected chi connectivity index (χ1v) is 47.1. The fourth-order valence-corrected chi connectivity index (χ4v) is 13.6. The van der Waals surface area contributed by atoms with Gasteiger partial charge in [0.05, 0.1) is 0 Å². The average molecular weight is 1540 g/mol. The van der Waals surface area contributed by atoms with Gasteiger partial charge in [0.25, 0.3) is 0 Å². The Morgan fingerprint density at radius 2 is 0.327 bits per heavy atom. The lowest BCUT2D eigenvalue weighted by Crippen LogP contribution is -2.30. The number of hydrogen-bond acceptors (Lipinski definition) is 12. The molecule has 0 aliphatic carbocycles. The number of carbonyl (C=O) groups is 6. The molecule has 0 aromatic heterocycles. The molecule has 0 saturated carbocycles. The third-order valence-electron chi connectivity index (χ3n) is 20.8. The molecule has 0 rings (SSSR count). The van der Waals surface area contributed by atoms with Crippen LogP contribution < -0.4 is 0 Å². The van der Waals surface area contributed by atoms with E-state index in [4.69, 9.17) is 28.4 Å². The predicted molar refractivity (Wildman–Crippen MR) is 464 cm³/mol. The van der Waals surface area contributed by atoms with Crippen molar-refractivity contribution in [1.29, 1.82) is 0 Å². The maximum atomic E-state index is 13.0. The van der Waals surface area contributed by atoms with Crippen LogP contribution in [0, 0.1) is 0 Å².